The standard InChI is InChI=1S/C22H31N5O/c1-17(2)15-19-5-7-20(8-6-19)18(3)25-21(28)16-26-11-13-27(14-12-26)22-23-9-4-10-24-22/h4-10,17-18H,11-16H2,1-3H3,(H,25,28). The minimum absolute atomic E-state index is 0.0135. The number of carbonyl (C=O) groups is 1. The molecule has 0 bridgehead atoms. The van der Waals surface area contributed by atoms with E-state index in [2.05, 4.69) is 63.2 Å². The van der Waals surface area contributed by atoms with Gasteiger partial charge in [-0.1, -0.05) is 38.1 Å². The maximum absolute atomic E-state index is 12.5. The van der Waals surface area contributed by atoms with E-state index in [9.17, 15) is 4.79 Å². The lowest BCUT2D eigenvalue weighted by molar-refractivity contribution is -0.123. The van der Waals surface area contributed by atoms with Gasteiger partial charge in [0, 0.05) is 38.6 Å². The molecule has 1 saturated heterocycles. The van der Waals surface area contributed by atoms with Gasteiger partial charge < -0.3 is 10.2 Å². The molecule has 0 radical (unpaired) electrons. The average Bonchev–Trinajstić information content (AvgIpc) is 2.69. The Hall–Kier alpha value is -2.47. The highest BCUT2D eigenvalue weighted by atomic mass is 16.2. The lowest BCUT2D eigenvalue weighted by atomic mass is 10.00. The average molecular weight is 382 g/mol. The Morgan fingerprint density at radius 1 is 1.04 bits per heavy atom. The summed E-state index contributed by atoms with van der Waals surface area (Å²) in [5, 5.41) is 3.13. The Morgan fingerprint density at radius 2 is 1.68 bits per heavy atom. The molecule has 0 spiro atoms. The third kappa shape index (κ3) is 5.76. The quantitative estimate of drug-likeness (QED) is 0.799. The van der Waals surface area contributed by atoms with Crippen LogP contribution in [0.1, 0.15) is 37.9 Å². The van der Waals surface area contributed by atoms with Gasteiger partial charge in [0.1, 0.15) is 0 Å². The fourth-order valence-corrected chi connectivity index (χ4v) is 3.55. The normalized spacial score (nSPS) is 16.2. The van der Waals surface area contributed by atoms with Crippen LogP contribution < -0.4 is 10.2 Å². The SMILES string of the molecule is CC(C)Cc1ccc(C(C)NC(=O)CN2CCN(c3ncccn3)CC2)cc1. The molecule has 6 nitrogen and oxygen atoms in total. The Kier molecular flexibility index (Phi) is 6.98. The van der Waals surface area contributed by atoms with Crippen molar-refractivity contribution in [2.24, 2.45) is 5.92 Å². The van der Waals surface area contributed by atoms with Crippen LogP contribution in [0.5, 0.6) is 0 Å². The van der Waals surface area contributed by atoms with Crippen LogP contribution in [0.25, 0.3) is 0 Å². The summed E-state index contributed by atoms with van der Waals surface area (Å²) in [6.45, 7) is 10.3. The van der Waals surface area contributed by atoms with Gasteiger partial charge in [-0.05, 0) is 36.5 Å². The number of nitrogens with zero attached hydrogens (tertiary/aromatic N) is 4. The number of piperazine rings is 1. The van der Waals surface area contributed by atoms with Crippen molar-refractivity contribution in [3.05, 3.63) is 53.9 Å². The Morgan fingerprint density at radius 3 is 2.29 bits per heavy atom. The van der Waals surface area contributed by atoms with E-state index < -0.39 is 0 Å². The summed E-state index contributed by atoms with van der Waals surface area (Å²) < 4.78 is 0. The number of hydrogen-bond acceptors (Lipinski definition) is 5. The van der Waals surface area contributed by atoms with Gasteiger partial charge >= 0.3 is 0 Å². The number of hydrogen-bond donors (Lipinski definition) is 1. The Labute approximate surface area is 168 Å². The predicted octanol–water partition coefficient (Wildman–Crippen LogP) is 2.67. The van der Waals surface area contributed by atoms with E-state index in [-0.39, 0.29) is 11.9 Å². The van der Waals surface area contributed by atoms with Crippen LogP contribution in [0.3, 0.4) is 0 Å². The van der Waals surface area contributed by atoms with Crippen LogP contribution in [-0.2, 0) is 11.2 Å². The van der Waals surface area contributed by atoms with Crippen molar-refractivity contribution in [1.29, 1.82) is 0 Å². The molecule has 1 aliphatic heterocycles. The lowest BCUT2D eigenvalue weighted by Crippen LogP contribution is -2.50. The lowest BCUT2D eigenvalue weighted by Gasteiger charge is -2.34. The maximum Gasteiger partial charge on any atom is 0.234 e. The first-order valence-corrected chi connectivity index (χ1v) is 10.1. The molecular weight excluding hydrogens is 350 g/mol. The third-order valence-electron chi connectivity index (χ3n) is 5.08. The van der Waals surface area contributed by atoms with Crippen molar-refractivity contribution >= 4 is 11.9 Å². The molecule has 0 saturated carbocycles. The van der Waals surface area contributed by atoms with E-state index in [0.29, 0.717) is 12.5 Å². The number of anilines is 1. The van der Waals surface area contributed by atoms with Crippen LogP contribution in [0.2, 0.25) is 0 Å². The molecule has 1 fully saturated rings. The van der Waals surface area contributed by atoms with Crippen molar-refractivity contribution < 1.29 is 4.79 Å². The monoisotopic (exact) mass is 381 g/mol. The predicted molar refractivity (Wildman–Crippen MR) is 112 cm³/mol. The summed E-state index contributed by atoms with van der Waals surface area (Å²) in [5.41, 5.74) is 2.49. The highest BCUT2D eigenvalue weighted by Gasteiger charge is 2.21. The molecule has 1 aromatic carbocycles. The van der Waals surface area contributed by atoms with E-state index >= 15 is 0 Å². The molecule has 6 heteroatoms. The summed E-state index contributed by atoms with van der Waals surface area (Å²) in [4.78, 5) is 25.4. The molecule has 1 atom stereocenters. The van der Waals surface area contributed by atoms with E-state index in [0.717, 1.165) is 44.1 Å². The van der Waals surface area contributed by atoms with Crippen LogP contribution in [0, 0.1) is 5.92 Å². The molecule has 150 valence electrons. The van der Waals surface area contributed by atoms with Crippen molar-refractivity contribution in [2.45, 2.75) is 33.2 Å². The van der Waals surface area contributed by atoms with Crippen LogP contribution in [-0.4, -0.2) is 53.5 Å². The first-order chi connectivity index (χ1) is 13.5. The van der Waals surface area contributed by atoms with Gasteiger partial charge in [-0.25, -0.2) is 9.97 Å². The summed E-state index contributed by atoms with van der Waals surface area (Å²) in [7, 11) is 0. The first kappa shape index (κ1) is 20.3. The van der Waals surface area contributed by atoms with Gasteiger partial charge in [0.25, 0.3) is 0 Å². The molecule has 1 unspecified atom stereocenters. The molecule has 0 aliphatic carbocycles. The van der Waals surface area contributed by atoms with Gasteiger partial charge in [-0.3, -0.25) is 9.69 Å². The largest absolute Gasteiger partial charge is 0.348 e. The molecule has 28 heavy (non-hydrogen) atoms. The number of rotatable bonds is 7. The van der Waals surface area contributed by atoms with Crippen molar-refractivity contribution in [3.8, 4) is 0 Å². The van der Waals surface area contributed by atoms with Crippen molar-refractivity contribution in [2.75, 3.05) is 37.6 Å². The second-order valence-electron chi connectivity index (χ2n) is 7.94. The molecular formula is C22H31N5O. The summed E-state index contributed by atoms with van der Waals surface area (Å²) in [5.74, 6) is 1.49. The molecule has 3 rings (SSSR count). The van der Waals surface area contributed by atoms with Gasteiger partial charge in [-0.15, -0.1) is 0 Å². The Bertz CT molecular complexity index is 739. The van der Waals surface area contributed by atoms with Crippen LogP contribution >= 0.6 is 0 Å². The fraction of sp³-hybridized carbons (Fsp3) is 0.500. The fourth-order valence-electron chi connectivity index (χ4n) is 3.55. The smallest absolute Gasteiger partial charge is 0.234 e. The number of carbonyl (C=O) groups excluding carboxylic acids is 1. The van der Waals surface area contributed by atoms with Crippen molar-refractivity contribution in [3.63, 3.8) is 0 Å². The van der Waals surface area contributed by atoms with Crippen molar-refractivity contribution in [1.82, 2.24) is 20.2 Å². The maximum atomic E-state index is 12.5. The molecule has 2 aromatic rings. The van der Waals surface area contributed by atoms with Crippen LogP contribution in [0.4, 0.5) is 5.95 Å². The summed E-state index contributed by atoms with van der Waals surface area (Å²) in [6, 6.07) is 10.4. The number of nitrogens with one attached hydrogen (secondary N) is 1. The second-order valence-corrected chi connectivity index (χ2v) is 7.94. The number of aromatic nitrogens is 2. The third-order valence-corrected chi connectivity index (χ3v) is 5.08. The summed E-state index contributed by atoms with van der Waals surface area (Å²) >= 11 is 0. The Balaban J connectivity index is 1.44. The minimum atomic E-state index is 0.0135. The van der Waals surface area contributed by atoms with E-state index in [1.165, 1.54) is 5.56 Å². The summed E-state index contributed by atoms with van der Waals surface area (Å²) in [6.07, 6.45) is 4.61. The number of amides is 1. The molecule has 1 aromatic heterocycles. The highest BCUT2D eigenvalue weighted by molar-refractivity contribution is 5.78. The number of benzene rings is 1. The van der Waals surface area contributed by atoms with Gasteiger partial charge in [-0.2, -0.15) is 0 Å². The molecule has 1 amide bonds. The van der Waals surface area contributed by atoms with Crippen LogP contribution in [0.15, 0.2) is 42.7 Å². The van der Waals surface area contributed by atoms with E-state index in [1.54, 1.807) is 12.4 Å². The van der Waals surface area contributed by atoms with Gasteiger partial charge in [0.05, 0.1) is 12.6 Å². The second kappa shape index (κ2) is 9.64. The first-order valence-electron chi connectivity index (χ1n) is 10.1. The molecule has 1 aliphatic rings. The minimum Gasteiger partial charge on any atom is -0.348 e. The van der Waals surface area contributed by atoms with Gasteiger partial charge in [0.2, 0.25) is 11.9 Å². The zero-order valence-corrected chi connectivity index (χ0v) is 17.1. The zero-order valence-electron chi connectivity index (χ0n) is 17.1. The highest BCUT2D eigenvalue weighted by Crippen LogP contribution is 2.16. The topological polar surface area (TPSA) is 61.4 Å². The zero-order chi connectivity index (χ0) is 19.9. The molecule has 2 heterocycles. The molecule has 1 N–H and O–H groups in total. The van der Waals surface area contributed by atoms with E-state index in [4.69, 9.17) is 0 Å². The van der Waals surface area contributed by atoms with E-state index in [1.807, 2.05) is 13.0 Å². The van der Waals surface area contributed by atoms with Gasteiger partial charge in [0.15, 0.2) is 0 Å².